The normalized spacial score (nSPS) is 19.1. The van der Waals surface area contributed by atoms with Crippen LogP contribution in [0.3, 0.4) is 0 Å². The first-order valence-corrected chi connectivity index (χ1v) is 13.5. The second kappa shape index (κ2) is 14.9. The number of carbonyl (C=O) groups is 2. The molecule has 40 heavy (non-hydrogen) atoms. The summed E-state index contributed by atoms with van der Waals surface area (Å²) in [4.78, 5) is 28.5. The van der Waals surface area contributed by atoms with Crippen molar-refractivity contribution in [2.45, 2.75) is 63.5 Å². The Morgan fingerprint density at radius 2 is 1.80 bits per heavy atom. The summed E-state index contributed by atoms with van der Waals surface area (Å²) in [6.45, 7) is 4.01. The molecule has 0 bridgehead atoms. The van der Waals surface area contributed by atoms with E-state index in [-0.39, 0.29) is 11.6 Å². The van der Waals surface area contributed by atoms with Crippen LogP contribution in [0.5, 0.6) is 0 Å². The summed E-state index contributed by atoms with van der Waals surface area (Å²) < 4.78 is 37.9. The Hall–Kier alpha value is -3.37. The number of aliphatic hydroxyl groups is 1. The maximum Gasteiger partial charge on any atom is 0.292 e. The summed E-state index contributed by atoms with van der Waals surface area (Å²) in [7, 11) is 4.44. The minimum atomic E-state index is -2.52. The fourth-order valence-corrected chi connectivity index (χ4v) is 5.42. The van der Waals surface area contributed by atoms with Gasteiger partial charge in [0.25, 0.3) is 12.9 Å². The monoisotopic (exact) mass is 559 g/mol. The minimum absolute atomic E-state index is 0.0371. The third-order valence-corrected chi connectivity index (χ3v) is 7.65. The number of hydrogen-bond donors (Lipinski definition) is 1. The van der Waals surface area contributed by atoms with Crippen LogP contribution in [-0.2, 0) is 31.9 Å². The van der Waals surface area contributed by atoms with Gasteiger partial charge in [0.05, 0.1) is 30.8 Å². The lowest BCUT2D eigenvalue weighted by molar-refractivity contribution is -0.126. The number of carbonyl (C=O) groups excluding carboxylic acids is 2. The van der Waals surface area contributed by atoms with Gasteiger partial charge in [0.2, 0.25) is 0 Å². The number of aliphatic hydroxyl groups excluding tert-OH is 1. The molecule has 2 aliphatic heterocycles. The molecular formula is C30H39F2N3O5. The molecule has 0 saturated carbocycles. The predicted molar refractivity (Wildman–Crippen MR) is 150 cm³/mol. The minimum Gasteiger partial charge on any atom is -0.471 e. The van der Waals surface area contributed by atoms with E-state index in [9.17, 15) is 13.6 Å². The van der Waals surface area contributed by atoms with E-state index in [0.717, 1.165) is 68.1 Å². The highest BCUT2D eigenvalue weighted by atomic mass is 19.3. The van der Waals surface area contributed by atoms with Crippen molar-refractivity contribution in [3.05, 3.63) is 58.9 Å². The first kappa shape index (κ1) is 31.2. The van der Waals surface area contributed by atoms with E-state index >= 15 is 0 Å². The molecule has 3 atom stereocenters. The Kier molecular flexibility index (Phi) is 11.6. The summed E-state index contributed by atoms with van der Waals surface area (Å²) in [5, 5.41) is 7.00. The van der Waals surface area contributed by atoms with Crippen LogP contribution in [0.15, 0.2) is 36.4 Å². The molecule has 3 aromatic rings. The van der Waals surface area contributed by atoms with Crippen molar-refractivity contribution in [3.63, 3.8) is 0 Å². The number of hydrogen-bond acceptors (Lipinski definition) is 7. The van der Waals surface area contributed by atoms with Gasteiger partial charge in [0, 0.05) is 56.0 Å². The number of benzene rings is 2. The number of fused-ring (bicyclic) bond motifs is 3. The number of ether oxygens (including phenoxy) is 2. The summed E-state index contributed by atoms with van der Waals surface area (Å²) >= 11 is 0. The lowest BCUT2D eigenvalue weighted by Crippen LogP contribution is -2.33. The van der Waals surface area contributed by atoms with E-state index < -0.39 is 12.3 Å². The average molecular weight is 560 g/mol. The number of aromatic nitrogens is 2. The number of alkyl halides is 2. The molecule has 2 aliphatic rings. The summed E-state index contributed by atoms with van der Waals surface area (Å²) in [5.74, 6) is 0.403. The Morgan fingerprint density at radius 3 is 2.38 bits per heavy atom. The SMILES string of the molecule is CC1CCc2c(ccc3c2nc(CC(C=O)c2ccc(C(F)F)cc2)n3C2CCCOC2)N1C.CO.COC=O. The molecule has 0 aliphatic carbocycles. The number of nitrogens with zero attached hydrogens (tertiary/aromatic N) is 3. The van der Waals surface area contributed by atoms with E-state index in [0.29, 0.717) is 25.5 Å². The highest BCUT2D eigenvalue weighted by molar-refractivity contribution is 5.86. The molecule has 0 spiro atoms. The van der Waals surface area contributed by atoms with Crippen molar-refractivity contribution < 1.29 is 33.0 Å². The average Bonchev–Trinajstić information content (AvgIpc) is 3.37. The van der Waals surface area contributed by atoms with Gasteiger partial charge in [-0.1, -0.05) is 24.3 Å². The summed E-state index contributed by atoms with van der Waals surface area (Å²) in [6.07, 6.45) is 2.84. The molecule has 5 rings (SSSR count). The third-order valence-electron chi connectivity index (χ3n) is 7.65. The number of imidazole rings is 1. The molecule has 2 aromatic carbocycles. The smallest absolute Gasteiger partial charge is 0.292 e. The second-order valence-electron chi connectivity index (χ2n) is 9.94. The largest absolute Gasteiger partial charge is 0.471 e. The van der Waals surface area contributed by atoms with Gasteiger partial charge in [-0.3, -0.25) is 4.79 Å². The van der Waals surface area contributed by atoms with Gasteiger partial charge >= 0.3 is 0 Å². The summed E-state index contributed by atoms with van der Waals surface area (Å²) in [6, 6.07) is 11.1. The van der Waals surface area contributed by atoms with Crippen molar-refractivity contribution in [1.82, 2.24) is 9.55 Å². The fraction of sp³-hybridized carbons (Fsp3) is 0.500. The van der Waals surface area contributed by atoms with Crippen LogP contribution in [0, 0.1) is 0 Å². The second-order valence-corrected chi connectivity index (χ2v) is 9.94. The highest BCUT2D eigenvalue weighted by Crippen LogP contribution is 2.38. The number of aldehydes is 1. The first-order valence-electron chi connectivity index (χ1n) is 13.5. The molecule has 0 amide bonds. The Bertz CT molecular complexity index is 1240. The van der Waals surface area contributed by atoms with E-state index in [4.69, 9.17) is 19.6 Å². The van der Waals surface area contributed by atoms with E-state index in [2.05, 4.69) is 40.3 Å². The Labute approximate surface area is 233 Å². The molecule has 10 heteroatoms. The standard InChI is InChI=1S/C27H31F2N3O2.C2H4O2.CH4O/c1-17-5-10-22-23(31(17)2)11-12-24-26(22)30-25(32(24)21-4-3-13-34-16-21)14-20(15-33)18-6-8-19(9-7-18)27(28)29;1-4-2-3;1-2/h6-9,11-12,15,17,20-21,27H,3-5,10,13-14,16H2,1-2H3;2H,1H3;2H,1H3. The van der Waals surface area contributed by atoms with Crippen molar-refractivity contribution >= 4 is 29.5 Å². The van der Waals surface area contributed by atoms with Gasteiger partial charge < -0.3 is 28.8 Å². The van der Waals surface area contributed by atoms with Crippen LogP contribution >= 0.6 is 0 Å². The molecule has 1 saturated heterocycles. The number of halogens is 2. The van der Waals surface area contributed by atoms with Crippen molar-refractivity contribution in [1.29, 1.82) is 0 Å². The lowest BCUT2D eigenvalue weighted by Gasteiger charge is -2.34. The molecule has 3 heterocycles. The van der Waals surface area contributed by atoms with Gasteiger partial charge in [0.1, 0.15) is 12.1 Å². The van der Waals surface area contributed by atoms with Gasteiger partial charge in [-0.25, -0.2) is 13.8 Å². The maximum absolute atomic E-state index is 13.0. The zero-order chi connectivity index (χ0) is 29.2. The molecule has 0 radical (unpaired) electrons. The van der Waals surface area contributed by atoms with Gasteiger partial charge in [-0.2, -0.15) is 0 Å². The molecule has 1 N–H and O–H groups in total. The highest BCUT2D eigenvalue weighted by Gasteiger charge is 2.28. The number of aryl methyl sites for hydroxylation is 1. The quantitative estimate of drug-likeness (QED) is 0.407. The van der Waals surface area contributed by atoms with Crippen LogP contribution in [-0.4, -0.2) is 67.9 Å². The van der Waals surface area contributed by atoms with Crippen LogP contribution in [0.25, 0.3) is 11.0 Å². The van der Waals surface area contributed by atoms with Crippen molar-refractivity contribution in [2.75, 3.05) is 39.4 Å². The Balaban J connectivity index is 0.000000677. The predicted octanol–water partition coefficient (Wildman–Crippen LogP) is 5.02. The number of anilines is 1. The number of rotatable bonds is 7. The van der Waals surface area contributed by atoms with E-state index in [1.54, 1.807) is 12.1 Å². The molecule has 3 unspecified atom stereocenters. The lowest BCUT2D eigenvalue weighted by atomic mass is 9.95. The van der Waals surface area contributed by atoms with Crippen LogP contribution < -0.4 is 4.90 Å². The Morgan fingerprint density at radius 1 is 1.12 bits per heavy atom. The molecule has 8 nitrogen and oxygen atoms in total. The third kappa shape index (κ3) is 6.85. The van der Waals surface area contributed by atoms with Gasteiger partial charge in [0.15, 0.2) is 0 Å². The van der Waals surface area contributed by atoms with Gasteiger partial charge in [-0.05, 0) is 50.3 Å². The zero-order valence-corrected chi connectivity index (χ0v) is 23.6. The van der Waals surface area contributed by atoms with Gasteiger partial charge in [-0.15, -0.1) is 0 Å². The molecule has 218 valence electrons. The molecule has 1 aromatic heterocycles. The van der Waals surface area contributed by atoms with Crippen molar-refractivity contribution in [2.24, 2.45) is 0 Å². The fourth-order valence-electron chi connectivity index (χ4n) is 5.42. The first-order chi connectivity index (χ1) is 19.4. The van der Waals surface area contributed by atoms with Crippen molar-refractivity contribution in [3.8, 4) is 0 Å². The van der Waals surface area contributed by atoms with Crippen LogP contribution in [0.1, 0.15) is 67.1 Å². The molecule has 1 fully saturated rings. The van der Waals surface area contributed by atoms with Crippen LogP contribution in [0.2, 0.25) is 0 Å². The number of methoxy groups -OCH3 is 1. The van der Waals surface area contributed by atoms with E-state index in [1.807, 2.05) is 0 Å². The topological polar surface area (TPSA) is 93.9 Å². The molecular weight excluding hydrogens is 520 g/mol. The summed E-state index contributed by atoms with van der Waals surface area (Å²) in [5.41, 5.74) is 5.27. The van der Waals surface area contributed by atoms with E-state index in [1.165, 1.54) is 30.5 Å². The van der Waals surface area contributed by atoms with Crippen LogP contribution in [0.4, 0.5) is 14.5 Å². The zero-order valence-electron chi connectivity index (χ0n) is 23.6. The maximum atomic E-state index is 13.0.